The fraction of sp³-hybridized carbons (Fsp3) is 0.0455. The second-order valence-corrected chi connectivity index (χ2v) is 7.36. The SMILES string of the molecule is C=C(NNC(=O)c1ccc(Br)cc1)c1ccc(OCc2ccc(Cl)cc2)cc1. The Labute approximate surface area is 177 Å². The Morgan fingerprint density at radius 1 is 0.893 bits per heavy atom. The zero-order valence-electron chi connectivity index (χ0n) is 14.9. The molecule has 0 saturated carbocycles. The molecule has 0 aliphatic rings. The van der Waals surface area contributed by atoms with Crippen molar-refractivity contribution in [2.75, 3.05) is 0 Å². The van der Waals surface area contributed by atoms with E-state index in [-0.39, 0.29) is 5.91 Å². The lowest BCUT2D eigenvalue weighted by Gasteiger charge is -2.12. The molecule has 0 heterocycles. The van der Waals surface area contributed by atoms with E-state index in [0.717, 1.165) is 21.3 Å². The Morgan fingerprint density at radius 3 is 2.14 bits per heavy atom. The fourth-order valence-corrected chi connectivity index (χ4v) is 2.77. The number of rotatable bonds is 7. The Bertz CT molecular complexity index is 955. The van der Waals surface area contributed by atoms with Crippen LogP contribution in [0.25, 0.3) is 5.70 Å². The van der Waals surface area contributed by atoms with Gasteiger partial charge in [0.1, 0.15) is 12.4 Å². The lowest BCUT2D eigenvalue weighted by Crippen LogP contribution is -2.35. The molecule has 4 nitrogen and oxygen atoms in total. The highest BCUT2D eigenvalue weighted by molar-refractivity contribution is 9.10. The second kappa shape index (κ2) is 9.44. The van der Waals surface area contributed by atoms with Gasteiger partial charge in [-0.25, -0.2) is 0 Å². The highest BCUT2D eigenvalue weighted by atomic mass is 79.9. The maximum Gasteiger partial charge on any atom is 0.269 e. The van der Waals surface area contributed by atoms with E-state index in [1.807, 2.05) is 60.7 Å². The summed E-state index contributed by atoms with van der Waals surface area (Å²) < 4.78 is 6.68. The van der Waals surface area contributed by atoms with E-state index in [1.165, 1.54) is 0 Å². The van der Waals surface area contributed by atoms with Gasteiger partial charge in [-0.15, -0.1) is 0 Å². The molecular weight excluding hydrogens is 440 g/mol. The quantitative estimate of drug-likeness (QED) is 0.455. The van der Waals surface area contributed by atoms with Crippen LogP contribution < -0.4 is 15.6 Å². The Kier molecular flexibility index (Phi) is 6.74. The predicted molar refractivity (Wildman–Crippen MR) is 116 cm³/mol. The number of halogens is 2. The number of nitrogens with one attached hydrogen (secondary N) is 2. The molecule has 0 atom stereocenters. The molecule has 0 aliphatic carbocycles. The third-order valence-electron chi connectivity index (χ3n) is 3.95. The summed E-state index contributed by atoms with van der Waals surface area (Å²) >= 11 is 9.22. The monoisotopic (exact) mass is 456 g/mol. The molecule has 0 bridgehead atoms. The number of carbonyl (C=O) groups excluding carboxylic acids is 1. The molecule has 142 valence electrons. The van der Waals surface area contributed by atoms with Crippen molar-refractivity contribution in [3.8, 4) is 5.75 Å². The number of ether oxygens (including phenoxy) is 1. The van der Waals surface area contributed by atoms with Gasteiger partial charge in [-0.3, -0.25) is 15.6 Å². The molecule has 0 saturated heterocycles. The molecule has 0 spiro atoms. The minimum Gasteiger partial charge on any atom is -0.489 e. The molecule has 3 aromatic rings. The lowest BCUT2D eigenvalue weighted by molar-refractivity contribution is 0.0942. The van der Waals surface area contributed by atoms with Crippen molar-refractivity contribution in [1.29, 1.82) is 0 Å². The first kappa shape index (κ1) is 20.0. The van der Waals surface area contributed by atoms with E-state index < -0.39 is 0 Å². The smallest absolute Gasteiger partial charge is 0.269 e. The van der Waals surface area contributed by atoms with E-state index >= 15 is 0 Å². The van der Waals surface area contributed by atoms with Crippen molar-refractivity contribution < 1.29 is 9.53 Å². The van der Waals surface area contributed by atoms with Gasteiger partial charge in [0.25, 0.3) is 5.91 Å². The van der Waals surface area contributed by atoms with Gasteiger partial charge in [-0.05, 0) is 71.8 Å². The van der Waals surface area contributed by atoms with Gasteiger partial charge < -0.3 is 4.74 Å². The Hall–Kier alpha value is -2.76. The standard InChI is InChI=1S/C22H18BrClN2O2/c1-15(25-26-22(27)18-4-8-19(23)9-5-18)17-6-12-21(13-7-17)28-14-16-2-10-20(24)11-3-16/h2-13,25H,1,14H2,(H,26,27). The summed E-state index contributed by atoms with van der Waals surface area (Å²) in [7, 11) is 0. The third kappa shape index (κ3) is 5.62. The minimum atomic E-state index is -0.239. The summed E-state index contributed by atoms with van der Waals surface area (Å²) in [5, 5.41) is 0.700. The van der Waals surface area contributed by atoms with Crippen LogP contribution in [0.4, 0.5) is 0 Å². The van der Waals surface area contributed by atoms with Gasteiger partial charge in [-0.2, -0.15) is 0 Å². The Morgan fingerprint density at radius 2 is 1.50 bits per heavy atom. The van der Waals surface area contributed by atoms with Crippen LogP contribution in [0.5, 0.6) is 5.75 Å². The van der Waals surface area contributed by atoms with E-state index in [9.17, 15) is 4.79 Å². The molecule has 0 aliphatic heterocycles. The normalized spacial score (nSPS) is 10.2. The molecule has 28 heavy (non-hydrogen) atoms. The van der Waals surface area contributed by atoms with Crippen molar-refractivity contribution in [3.63, 3.8) is 0 Å². The number of hydrogen-bond donors (Lipinski definition) is 2. The molecule has 3 aromatic carbocycles. The molecule has 1 amide bonds. The largest absolute Gasteiger partial charge is 0.489 e. The summed E-state index contributed by atoms with van der Waals surface area (Å²) in [4.78, 5) is 12.1. The van der Waals surface area contributed by atoms with Crippen LogP contribution in [0.1, 0.15) is 21.5 Å². The first-order valence-corrected chi connectivity index (χ1v) is 9.67. The van der Waals surface area contributed by atoms with Gasteiger partial charge in [0.2, 0.25) is 0 Å². The zero-order chi connectivity index (χ0) is 19.9. The summed E-state index contributed by atoms with van der Waals surface area (Å²) in [6, 6.07) is 22.1. The van der Waals surface area contributed by atoms with Gasteiger partial charge in [0, 0.05) is 15.1 Å². The number of carbonyl (C=O) groups is 1. The highest BCUT2D eigenvalue weighted by Crippen LogP contribution is 2.18. The summed E-state index contributed by atoms with van der Waals surface area (Å²) in [6.07, 6.45) is 0. The van der Waals surface area contributed by atoms with Crippen molar-refractivity contribution in [1.82, 2.24) is 10.9 Å². The fourth-order valence-electron chi connectivity index (χ4n) is 2.38. The predicted octanol–water partition coefficient (Wildman–Crippen LogP) is 5.59. The average molecular weight is 458 g/mol. The van der Waals surface area contributed by atoms with E-state index in [4.69, 9.17) is 16.3 Å². The lowest BCUT2D eigenvalue weighted by atomic mass is 10.2. The number of amides is 1. The van der Waals surface area contributed by atoms with Crippen molar-refractivity contribution in [2.24, 2.45) is 0 Å². The van der Waals surface area contributed by atoms with Crippen LogP contribution in [0, 0.1) is 0 Å². The molecule has 0 unspecified atom stereocenters. The van der Waals surface area contributed by atoms with E-state index in [1.54, 1.807) is 12.1 Å². The Balaban J connectivity index is 1.51. The molecular formula is C22H18BrClN2O2. The average Bonchev–Trinajstić information content (AvgIpc) is 2.72. The van der Waals surface area contributed by atoms with Crippen LogP contribution in [0.2, 0.25) is 5.02 Å². The molecule has 0 aromatic heterocycles. The van der Waals surface area contributed by atoms with Gasteiger partial charge in [0.05, 0.1) is 5.70 Å². The number of hydrogen-bond acceptors (Lipinski definition) is 3. The third-order valence-corrected chi connectivity index (χ3v) is 4.74. The molecule has 0 radical (unpaired) electrons. The summed E-state index contributed by atoms with van der Waals surface area (Å²) in [5.41, 5.74) is 8.48. The zero-order valence-corrected chi connectivity index (χ0v) is 17.3. The maximum atomic E-state index is 12.1. The first-order chi connectivity index (χ1) is 13.5. The van der Waals surface area contributed by atoms with E-state index in [0.29, 0.717) is 22.9 Å². The van der Waals surface area contributed by atoms with Crippen LogP contribution in [-0.2, 0) is 6.61 Å². The summed E-state index contributed by atoms with van der Waals surface area (Å²) in [5.74, 6) is 0.502. The van der Waals surface area contributed by atoms with E-state index in [2.05, 4.69) is 33.4 Å². The van der Waals surface area contributed by atoms with Crippen LogP contribution in [0.3, 0.4) is 0 Å². The maximum absolute atomic E-state index is 12.1. The molecule has 6 heteroatoms. The molecule has 3 rings (SSSR count). The van der Waals surface area contributed by atoms with Crippen LogP contribution in [-0.4, -0.2) is 5.91 Å². The minimum absolute atomic E-state index is 0.239. The molecule has 0 fully saturated rings. The van der Waals surface area contributed by atoms with Gasteiger partial charge in [0.15, 0.2) is 0 Å². The van der Waals surface area contributed by atoms with Crippen molar-refractivity contribution in [3.05, 3.63) is 106 Å². The van der Waals surface area contributed by atoms with Crippen LogP contribution in [0.15, 0.2) is 83.8 Å². The summed E-state index contributed by atoms with van der Waals surface area (Å²) in [6.45, 7) is 4.41. The van der Waals surface area contributed by atoms with Gasteiger partial charge in [-0.1, -0.05) is 46.2 Å². The second-order valence-electron chi connectivity index (χ2n) is 6.00. The highest BCUT2D eigenvalue weighted by Gasteiger charge is 2.06. The van der Waals surface area contributed by atoms with Gasteiger partial charge >= 0.3 is 0 Å². The van der Waals surface area contributed by atoms with Crippen molar-refractivity contribution in [2.45, 2.75) is 6.61 Å². The number of hydrazine groups is 1. The molecule has 2 N–H and O–H groups in total. The van der Waals surface area contributed by atoms with Crippen molar-refractivity contribution >= 4 is 39.1 Å². The van der Waals surface area contributed by atoms with Crippen LogP contribution >= 0.6 is 27.5 Å². The first-order valence-electron chi connectivity index (χ1n) is 8.50. The topological polar surface area (TPSA) is 50.4 Å². The number of benzene rings is 3.